The summed E-state index contributed by atoms with van der Waals surface area (Å²) in [6.45, 7) is 0. The minimum atomic E-state index is -1.06. The van der Waals surface area contributed by atoms with Gasteiger partial charge in [-0.2, -0.15) is 0 Å². The zero-order valence-corrected chi connectivity index (χ0v) is 8.54. The van der Waals surface area contributed by atoms with Gasteiger partial charge in [-0.1, -0.05) is 18.2 Å². The van der Waals surface area contributed by atoms with Gasteiger partial charge in [-0.3, -0.25) is 0 Å². The maximum Gasteiger partial charge on any atom is 0.344 e. The third-order valence-corrected chi connectivity index (χ3v) is 2.66. The van der Waals surface area contributed by atoms with Crippen molar-refractivity contribution in [2.45, 2.75) is 0 Å². The second kappa shape index (κ2) is 3.38. The predicted octanol–water partition coefficient (Wildman–Crippen LogP) is 3.22. The molecule has 0 unspecified atom stereocenters. The first-order valence-corrected chi connectivity index (χ1v) is 4.97. The number of fused-ring (bicyclic) bond motifs is 3. The van der Waals surface area contributed by atoms with Crippen LogP contribution in [0.15, 0.2) is 45.6 Å². The highest BCUT2D eigenvalue weighted by Crippen LogP contribution is 2.24. The van der Waals surface area contributed by atoms with E-state index < -0.39 is 17.3 Å². The molecule has 3 rings (SSSR count). The molecule has 2 aromatic carbocycles. The molecule has 0 saturated carbocycles. The zero-order chi connectivity index (χ0) is 12.0. The van der Waals surface area contributed by atoms with Crippen LogP contribution in [-0.2, 0) is 0 Å². The average molecular weight is 232 g/mol. The van der Waals surface area contributed by atoms with Gasteiger partial charge >= 0.3 is 5.63 Å². The van der Waals surface area contributed by atoms with Crippen molar-refractivity contribution >= 4 is 21.7 Å². The molecule has 0 bridgehead atoms. The molecule has 3 aromatic rings. The number of rotatable bonds is 0. The SMILES string of the molecule is O=c1oc2ccccc2c2cc(F)c(F)cc12. The van der Waals surface area contributed by atoms with Crippen molar-refractivity contribution in [1.29, 1.82) is 0 Å². The summed E-state index contributed by atoms with van der Waals surface area (Å²) in [5.74, 6) is -2.03. The molecule has 0 spiro atoms. The molecule has 17 heavy (non-hydrogen) atoms. The van der Waals surface area contributed by atoms with Crippen LogP contribution in [0.1, 0.15) is 0 Å². The molecule has 84 valence electrons. The highest BCUT2D eigenvalue weighted by molar-refractivity contribution is 6.04. The summed E-state index contributed by atoms with van der Waals surface area (Å²) < 4.78 is 31.3. The van der Waals surface area contributed by atoms with Crippen molar-refractivity contribution in [2.75, 3.05) is 0 Å². The molecule has 0 atom stereocenters. The van der Waals surface area contributed by atoms with Crippen LogP contribution in [0.5, 0.6) is 0 Å². The van der Waals surface area contributed by atoms with Crippen LogP contribution >= 0.6 is 0 Å². The molecule has 0 N–H and O–H groups in total. The number of hydrogen-bond acceptors (Lipinski definition) is 2. The zero-order valence-electron chi connectivity index (χ0n) is 8.54. The van der Waals surface area contributed by atoms with E-state index in [1.54, 1.807) is 24.3 Å². The second-order valence-corrected chi connectivity index (χ2v) is 3.70. The van der Waals surface area contributed by atoms with Gasteiger partial charge in [0.1, 0.15) is 5.58 Å². The molecular formula is C13H6F2O2. The Kier molecular flexibility index (Phi) is 1.98. The number of benzene rings is 2. The van der Waals surface area contributed by atoms with Crippen molar-refractivity contribution < 1.29 is 13.2 Å². The lowest BCUT2D eigenvalue weighted by molar-refractivity contribution is 0.509. The van der Waals surface area contributed by atoms with Crippen LogP contribution in [0.4, 0.5) is 8.78 Å². The third kappa shape index (κ3) is 1.41. The van der Waals surface area contributed by atoms with Gasteiger partial charge in [0, 0.05) is 10.8 Å². The summed E-state index contributed by atoms with van der Waals surface area (Å²) >= 11 is 0. The fraction of sp³-hybridized carbons (Fsp3) is 0. The summed E-state index contributed by atoms with van der Waals surface area (Å²) in [4.78, 5) is 11.6. The topological polar surface area (TPSA) is 30.2 Å². The van der Waals surface area contributed by atoms with E-state index in [0.29, 0.717) is 16.4 Å². The Morgan fingerprint density at radius 3 is 2.29 bits per heavy atom. The normalized spacial score (nSPS) is 11.2. The van der Waals surface area contributed by atoms with Gasteiger partial charge in [0.05, 0.1) is 5.39 Å². The van der Waals surface area contributed by atoms with Crippen LogP contribution in [0, 0.1) is 11.6 Å². The molecule has 0 fully saturated rings. The summed E-state index contributed by atoms with van der Waals surface area (Å²) in [6.07, 6.45) is 0. The van der Waals surface area contributed by atoms with E-state index in [1.165, 1.54) is 0 Å². The van der Waals surface area contributed by atoms with Gasteiger partial charge in [0.25, 0.3) is 0 Å². The fourth-order valence-electron chi connectivity index (χ4n) is 1.87. The van der Waals surface area contributed by atoms with E-state index in [0.717, 1.165) is 12.1 Å². The first-order chi connectivity index (χ1) is 8.16. The van der Waals surface area contributed by atoms with Gasteiger partial charge < -0.3 is 4.42 Å². The lowest BCUT2D eigenvalue weighted by Crippen LogP contribution is -2.01. The van der Waals surface area contributed by atoms with Crippen LogP contribution in [-0.4, -0.2) is 0 Å². The van der Waals surface area contributed by atoms with Gasteiger partial charge in [-0.05, 0) is 18.2 Å². The van der Waals surface area contributed by atoms with Crippen LogP contribution in [0.25, 0.3) is 21.7 Å². The Labute approximate surface area is 94.1 Å². The molecule has 0 aliphatic heterocycles. The smallest absolute Gasteiger partial charge is 0.344 e. The Morgan fingerprint density at radius 2 is 1.53 bits per heavy atom. The first kappa shape index (κ1) is 9.96. The Bertz CT molecular complexity index is 790. The summed E-state index contributed by atoms with van der Waals surface area (Å²) in [5.41, 5.74) is -0.311. The summed E-state index contributed by atoms with van der Waals surface area (Å²) in [5, 5.41) is 0.986. The van der Waals surface area contributed by atoms with Crippen molar-refractivity contribution in [3.8, 4) is 0 Å². The van der Waals surface area contributed by atoms with Crippen LogP contribution in [0.2, 0.25) is 0 Å². The van der Waals surface area contributed by atoms with Crippen molar-refractivity contribution in [3.63, 3.8) is 0 Å². The predicted molar refractivity (Wildman–Crippen MR) is 59.9 cm³/mol. The van der Waals surface area contributed by atoms with E-state index in [1.807, 2.05) is 0 Å². The number of hydrogen-bond donors (Lipinski definition) is 0. The van der Waals surface area contributed by atoms with E-state index in [2.05, 4.69) is 0 Å². The monoisotopic (exact) mass is 232 g/mol. The summed E-state index contributed by atoms with van der Waals surface area (Å²) in [6, 6.07) is 8.63. The Balaban J connectivity index is 2.65. The average Bonchev–Trinajstić information content (AvgIpc) is 2.32. The van der Waals surface area contributed by atoms with Crippen LogP contribution in [0.3, 0.4) is 0 Å². The van der Waals surface area contributed by atoms with E-state index >= 15 is 0 Å². The molecule has 0 aliphatic rings. The number of halogens is 2. The molecule has 0 amide bonds. The van der Waals surface area contributed by atoms with Crippen LogP contribution < -0.4 is 5.63 Å². The molecule has 2 nitrogen and oxygen atoms in total. The molecule has 1 aromatic heterocycles. The largest absolute Gasteiger partial charge is 0.422 e. The van der Waals surface area contributed by atoms with Crippen molar-refractivity contribution in [1.82, 2.24) is 0 Å². The molecule has 0 saturated heterocycles. The van der Waals surface area contributed by atoms with Gasteiger partial charge in [-0.25, -0.2) is 13.6 Å². The molecular weight excluding hydrogens is 226 g/mol. The highest BCUT2D eigenvalue weighted by Gasteiger charge is 2.11. The minimum Gasteiger partial charge on any atom is -0.422 e. The van der Waals surface area contributed by atoms with E-state index in [-0.39, 0.29) is 5.39 Å². The Morgan fingerprint density at radius 1 is 0.882 bits per heavy atom. The lowest BCUT2D eigenvalue weighted by Gasteiger charge is -2.02. The standard InChI is InChI=1S/C13H6F2O2/c14-10-5-8-7-3-1-2-4-12(7)17-13(16)9(8)6-11(10)15/h1-6H. The number of para-hydroxylation sites is 1. The molecule has 1 heterocycles. The lowest BCUT2D eigenvalue weighted by atomic mass is 10.1. The van der Waals surface area contributed by atoms with Crippen molar-refractivity contribution in [2.24, 2.45) is 0 Å². The first-order valence-electron chi connectivity index (χ1n) is 4.97. The molecule has 4 heteroatoms. The van der Waals surface area contributed by atoms with E-state index in [4.69, 9.17) is 4.42 Å². The fourth-order valence-corrected chi connectivity index (χ4v) is 1.87. The Hall–Kier alpha value is -2.23. The van der Waals surface area contributed by atoms with Crippen molar-refractivity contribution in [3.05, 3.63) is 58.5 Å². The summed E-state index contributed by atoms with van der Waals surface area (Å²) in [7, 11) is 0. The maximum atomic E-state index is 13.2. The molecule has 0 radical (unpaired) electrons. The minimum absolute atomic E-state index is 0.0441. The quantitative estimate of drug-likeness (QED) is 0.440. The van der Waals surface area contributed by atoms with Gasteiger partial charge in [-0.15, -0.1) is 0 Å². The second-order valence-electron chi connectivity index (χ2n) is 3.70. The van der Waals surface area contributed by atoms with Gasteiger partial charge in [0.2, 0.25) is 0 Å². The highest BCUT2D eigenvalue weighted by atomic mass is 19.2. The molecule has 0 aliphatic carbocycles. The maximum absolute atomic E-state index is 13.2. The third-order valence-electron chi connectivity index (χ3n) is 2.66. The van der Waals surface area contributed by atoms with E-state index in [9.17, 15) is 13.6 Å². The van der Waals surface area contributed by atoms with Gasteiger partial charge in [0.15, 0.2) is 11.6 Å².